The normalized spacial score (nSPS) is 12.0. The van der Waals surface area contributed by atoms with E-state index in [1.165, 1.54) is 0 Å². The van der Waals surface area contributed by atoms with Crippen molar-refractivity contribution >= 4 is 26.7 Å². The predicted octanol–water partition coefficient (Wildman–Crippen LogP) is 4.12. The summed E-state index contributed by atoms with van der Waals surface area (Å²) in [6.45, 7) is 6.60. The Morgan fingerprint density at radius 1 is 1.10 bits per heavy atom. The van der Waals surface area contributed by atoms with E-state index in [2.05, 4.69) is 14.5 Å². The zero-order valence-electron chi connectivity index (χ0n) is 17.4. The van der Waals surface area contributed by atoms with Crippen molar-refractivity contribution in [2.75, 3.05) is 11.5 Å². The maximum atomic E-state index is 13.8. The number of unbranched alkanes of at least 4 members (excludes halogenated alkanes) is 2. The van der Waals surface area contributed by atoms with E-state index in [9.17, 15) is 17.2 Å². The third-order valence-corrected chi connectivity index (χ3v) is 7.14. The Labute approximate surface area is 175 Å². The summed E-state index contributed by atoms with van der Waals surface area (Å²) in [5, 5.41) is 0. The number of rotatable bonds is 8. The largest absolute Gasteiger partial charge is 0.382 e. The fourth-order valence-corrected chi connectivity index (χ4v) is 5.07. The second-order valence-electron chi connectivity index (χ2n) is 7.39. The lowest BCUT2D eigenvalue weighted by molar-refractivity contribution is 0.545. The molecule has 0 fully saturated rings. The highest BCUT2D eigenvalue weighted by Crippen LogP contribution is 2.27. The maximum absolute atomic E-state index is 13.8. The molecule has 0 saturated carbocycles. The van der Waals surface area contributed by atoms with Crippen LogP contribution in [0.3, 0.4) is 0 Å². The van der Waals surface area contributed by atoms with Crippen molar-refractivity contribution in [2.45, 2.75) is 57.9 Å². The lowest BCUT2D eigenvalue weighted by Crippen LogP contribution is -2.10. The van der Waals surface area contributed by atoms with Crippen LogP contribution in [-0.4, -0.2) is 28.7 Å². The van der Waals surface area contributed by atoms with Crippen molar-refractivity contribution in [1.29, 1.82) is 0 Å². The van der Waals surface area contributed by atoms with Gasteiger partial charge in [-0.2, -0.15) is 0 Å². The minimum Gasteiger partial charge on any atom is -0.382 e. The van der Waals surface area contributed by atoms with Gasteiger partial charge in [0.15, 0.2) is 15.7 Å². The number of benzene rings is 1. The van der Waals surface area contributed by atoms with Gasteiger partial charge in [0.1, 0.15) is 27.9 Å². The van der Waals surface area contributed by atoms with Crippen LogP contribution >= 0.6 is 0 Å². The molecule has 9 heteroatoms. The van der Waals surface area contributed by atoms with Gasteiger partial charge < -0.3 is 10.3 Å². The molecule has 0 radical (unpaired) electrons. The molecule has 0 aliphatic heterocycles. The molecule has 1 aromatic carbocycles. The number of aromatic nitrogens is 3. The Balaban J connectivity index is 1.68. The Kier molecular flexibility index (Phi) is 6.40. The van der Waals surface area contributed by atoms with Crippen LogP contribution in [0, 0.1) is 25.5 Å². The summed E-state index contributed by atoms with van der Waals surface area (Å²) >= 11 is 0. The van der Waals surface area contributed by atoms with Gasteiger partial charge in [-0.3, -0.25) is 0 Å². The molecule has 0 spiro atoms. The molecule has 30 heavy (non-hydrogen) atoms. The van der Waals surface area contributed by atoms with Crippen LogP contribution in [0.1, 0.15) is 43.3 Å². The molecule has 2 heterocycles. The number of aryl methyl sites for hydroxylation is 4. The highest BCUT2D eigenvalue weighted by atomic mass is 32.2. The fourth-order valence-electron chi connectivity index (χ4n) is 3.63. The number of nitrogens with zero attached hydrogens (tertiary/aromatic N) is 3. The number of imidazole rings is 1. The highest BCUT2D eigenvalue weighted by molar-refractivity contribution is 7.91. The summed E-state index contributed by atoms with van der Waals surface area (Å²) in [5.74, 6) is -0.714. The van der Waals surface area contributed by atoms with Crippen molar-refractivity contribution in [3.8, 4) is 0 Å². The number of fused-ring (bicyclic) bond motifs is 1. The van der Waals surface area contributed by atoms with Gasteiger partial charge in [0.2, 0.25) is 0 Å². The number of hydrogen-bond acceptors (Lipinski definition) is 5. The number of halogens is 2. The van der Waals surface area contributed by atoms with Crippen molar-refractivity contribution in [3.05, 3.63) is 46.9 Å². The topological polar surface area (TPSA) is 90.9 Å². The molecular formula is C21H26F2N4O2S. The van der Waals surface area contributed by atoms with Crippen molar-refractivity contribution in [3.63, 3.8) is 0 Å². The minimum atomic E-state index is -3.79. The van der Waals surface area contributed by atoms with Gasteiger partial charge in [-0.25, -0.2) is 27.2 Å². The molecule has 2 aromatic heterocycles. The van der Waals surface area contributed by atoms with Crippen molar-refractivity contribution in [2.24, 2.45) is 0 Å². The average Bonchev–Trinajstić information content (AvgIpc) is 3.05. The number of nitrogens with two attached hydrogens (primary N) is 1. The summed E-state index contributed by atoms with van der Waals surface area (Å²) < 4.78 is 53.7. The zero-order chi connectivity index (χ0) is 22.1. The Morgan fingerprint density at radius 2 is 1.83 bits per heavy atom. The molecule has 0 atom stereocenters. The molecule has 3 aromatic rings. The summed E-state index contributed by atoms with van der Waals surface area (Å²) in [6, 6.07) is 2.53. The lowest BCUT2D eigenvalue weighted by Gasteiger charge is -2.11. The molecule has 0 amide bonds. The molecular weight excluding hydrogens is 410 g/mol. The van der Waals surface area contributed by atoms with Crippen LogP contribution in [0.25, 0.3) is 11.0 Å². The molecule has 0 bridgehead atoms. The summed E-state index contributed by atoms with van der Waals surface area (Å²) in [5.41, 5.74) is 9.61. The summed E-state index contributed by atoms with van der Waals surface area (Å²) in [4.78, 5) is 8.53. The average molecular weight is 437 g/mol. The third-order valence-electron chi connectivity index (χ3n) is 5.32. The van der Waals surface area contributed by atoms with E-state index in [4.69, 9.17) is 5.73 Å². The van der Waals surface area contributed by atoms with E-state index < -0.39 is 26.4 Å². The van der Waals surface area contributed by atoms with E-state index >= 15 is 0 Å². The molecule has 162 valence electrons. The second-order valence-corrected chi connectivity index (χ2v) is 9.47. The molecule has 0 saturated heterocycles. The van der Waals surface area contributed by atoms with E-state index in [1.807, 2.05) is 20.8 Å². The smallest absolute Gasteiger partial charge is 0.181 e. The van der Waals surface area contributed by atoms with Crippen molar-refractivity contribution in [1.82, 2.24) is 14.5 Å². The number of nitrogen functional groups attached to an aromatic ring is 1. The van der Waals surface area contributed by atoms with Crippen LogP contribution in [0.2, 0.25) is 0 Å². The Morgan fingerprint density at radius 3 is 2.50 bits per heavy atom. The summed E-state index contributed by atoms with van der Waals surface area (Å²) in [6.07, 6.45) is 2.50. The first kappa shape index (κ1) is 22.1. The zero-order valence-corrected chi connectivity index (χ0v) is 18.2. The van der Waals surface area contributed by atoms with Crippen LogP contribution in [-0.2, 0) is 22.8 Å². The first-order valence-corrected chi connectivity index (χ1v) is 11.6. The predicted molar refractivity (Wildman–Crippen MR) is 113 cm³/mol. The van der Waals surface area contributed by atoms with Gasteiger partial charge in [-0.15, -0.1) is 0 Å². The molecule has 0 aliphatic rings. The second kappa shape index (κ2) is 8.67. The minimum absolute atomic E-state index is 0.185. The number of pyridine rings is 1. The number of anilines is 1. The molecule has 3 rings (SSSR count). The quantitative estimate of drug-likeness (QED) is 0.424. The SMILES string of the molecule is CCc1nc2c(N)nc(C)c(C)c2n1CCCCCS(=O)(=O)c1ccc(F)cc1F. The summed E-state index contributed by atoms with van der Waals surface area (Å²) in [7, 11) is -3.79. The molecule has 2 N–H and O–H groups in total. The first-order valence-electron chi connectivity index (χ1n) is 9.95. The van der Waals surface area contributed by atoms with Gasteiger partial charge in [-0.05, 0) is 44.4 Å². The Bertz CT molecular complexity index is 1190. The third kappa shape index (κ3) is 4.30. The monoisotopic (exact) mass is 436 g/mol. The first-order chi connectivity index (χ1) is 14.2. The molecule has 0 unspecified atom stereocenters. The molecule has 0 aliphatic carbocycles. The van der Waals surface area contributed by atoms with Crippen molar-refractivity contribution < 1.29 is 17.2 Å². The standard InChI is InChI=1S/C21H26F2N4O2S/c1-4-18-26-19-20(13(2)14(3)25-21(19)24)27(18)10-6-5-7-11-30(28,29)17-9-8-15(22)12-16(17)23/h8-9,12H,4-7,10-11H2,1-3H3,(H2,24,25). The van der Waals surface area contributed by atoms with Crippen LogP contribution in [0.4, 0.5) is 14.6 Å². The van der Waals surface area contributed by atoms with Gasteiger partial charge in [0.25, 0.3) is 0 Å². The van der Waals surface area contributed by atoms with E-state index in [-0.39, 0.29) is 5.75 Å². The van der Waals surface area contributed by atoms with Gasteiger partial charge in [0.05, 0.1) is 11.3 Å². The van der Waals surface area contributed by atoms with E-state index in [0.29, 0.717) is 36.8 Å². The van der Waals surface area contributed by atoms with Crippen LogP contribution < -0.4 is 5.73 Å². The van der Waals surface area contributed by atoms with Crippen LogP contribution in [0.15, 0.2) is 23.1 Å². The number of hydrogen-bond donors (Lipinski definition) is 1. The number of sulfone groups is 1. The fraction of sp³-hybridized carbons (Fsp3) is 0.429. The van der Waals surface area contributed by atoms with Crippen LogP contribution in [0.5, 0.6) is 0 Å². The lowest BCUT2D eigenvalue weighted by atomic mass is 10.2. The molecule has 6 nitrogen and oxygen atoms in total. The van der Waals surface area contributed by atoms with E-state index in [1.54, 1.807) is 0 Å². The Hall–Kier alpha value is -2.55. The van der Waals surface area contributed by atoms with E-state index in [0.717, 1.165) is 47.6 Å². The highest BCUT2D eigenvalue weighted by Gasteiger charge is 2.20. The van der Waals surface area contributed by atoms with Gasteiger partial charge in [-0.1, -0.05) is 13.3 Å². The van der Waals surface area contributed by atoms with Gasteiger partial charge in [0, 0.05) is 24.7 Å². The van der Waals surface area contributed by atoms with Gasteiger partial charge >= 0.3 is 0 Å². The maximum Gasteiger partial charge on any atom is 0.181 e.